The maximum absolute atomic E-state index is 4.50. The number of pyridine rings is 1. The number of aromatic nitrogens is 1. The average molecular weight is 203 g/mol. The van der Waals surface area contributed by atoms with Crippen molar-refractivity contribution in [3.05, 3.63) is 23.9 Å². The SMILES string of the molecule is Cc1ccc(N2CC3CCC(C2)N3)nc1. The highest BCUT2D eigenvalue weighted by atomic mass is 15.3. The Morgan fingerprint density at radius 1 is 1.27 bits per heavy atom. The Labute approximate surface area is 90.5 Å². The Morgan fingerprint density at radius 2 is 2.00 bits per heavy atom. The number of hydrogen-bond acceptors (Lipinski definition) is 3. The first-order valence-electron chi connectivity index (χ1n) is 5.75. The number of fused-ring (bicyclic) bond motifs is 2. The summed E-state index contributed by atoms with van der Waals surface area (Å²) in [5.74, 6) is 1.14. The molecule has 0 radical (unpaired) electrons. The maximum atomic E-state index is 4.50. The second kappa shape index (κ2) is 3.49. The van der Waals surface area contributed by atoms with Gasteiger partial charge in [-0.1, -0.05) is 6.07 Å². The van der Waals surface area contributed by atoms with Crippen LogP contribution in [0.5, 0.6) is 0 Å². The number of rotatable bonds is 1. The van der Waals surface area contributed by atoms with Gasteiger partial charge in [-0.3, -0.25) is 0 Å². The first-order chi connectivity index (χ1) is 7.31. The standard InChI is InChI=1S/C12H17N3/c1-9-2-5-12(13-6-9)15-7-10-3-4-11(8-15)14-10/h2,5-6,10-11,14H,3-4,7-8H2,1H3. The van der Waals surface area contributed by atoms with Crippen LogP contribution in [-0.2, 0) is 0 Å². The number of nitrogens with one attached hydrogen (secondary N) is 1. The smallest absolute Gasteiger partial charge is 0.128 e. The van der Waals surface area contributed by atoms with E-state index in [1.54, 1.807) is 0 Å². The Hall–Kier alpha value is -1.09. The lowest BCUT2D eigenvalue weighted by atomic mass is 10.2. The van der Waals surface area contributed by atoms with Gasteiger partial charge in [-0.2, -0.15) is 0 Å². The predicted octanol–water partition coefficient (Wildman–Crippen LogP) is 1.33. The molecule has 0 aliphatic carbocycles. The molecule has 2 fully saturated rings. The third-order valence-corrected chi connectivity index (χ3v) is 3.44. The van der Waals surface area contributed by atoms with E-state index in [0.717, 1.165) is 18.9 Å². The molecule has 80 valence electrons. The summed E-state index contributed by atoms with van der Waals surface area (Å²) in [6, 6.07) is 5.66. The van der Waals surface area contributed by atoms with Gasteiger partial charge in [0.15, 0.2) is 0 Å². The van der Waals surface area contributed by atoms with Crippen LogP contribution in [-0.4, -0.2) is 30.2 Å². The van der Waals surface area contributed by atoms with E-state index in [1.165, 1.54) is 18.4 Å². The zero-order valence-corrected chi connectivity index (χ0v) is 9.11. The summed E-state index contributed by atoms with van der Waals surface area (Å²) >= 11 is 0. The Kier molecular flexibility index (Phi) is 2.13. The van der Waals surface area contributed by atoms with Gasteiger partial charge in [0.25, 0.3) is 0 Å². The van der Waals surface area contributed by atoms with Crippen molar-refractivity contribution in [2.45, 2.75) is 31.8 Å². The molecule has 2 bridgehead atoms. The van der Waals surface area contributed by atoms with Gasteiger partial charge in [0, 0.05) is 31.4 Å². The third-order valence-electron chi connectivity index (χ3n) is 3.44. The van der Waals surface area contributed by atoms with Gasteiger partial charge < -0.3 is 10.2 Å². The van der Waals surface area contributed by atoms with Crippen LogP contribution in [0.15, 0.2) is 18.3 Å². The zero-order valence-electron chi connectivity index (χ0n) is 9.11. The van der Waals surface area contributed by atoms with E-state index in [4.69, 9.17) is 0 Å². The lowest BCUT2D eigenvalue weighted by Crippen LogP contribution is -2.51. The highest BCUT2D eigenvalue weighted by Crippen LogP contribution is 2.23. The summed E-state index contributed by atoms with van der Waals surface area (Å²) in [7, 11) is 0. The van der Waals surface area contributed by atoms with Gasteiger partial charge in [-0.25, -0.2) is 4.98 Å². The molecule has 1 N–H and O–H groups in total. The molecule has 3 heterocycles. The number of aryl methyl sites for hydroxylation is 1. The Balaban J connectivity index is 1.80. The van der Waals surface area contributed by atoms with Crippen LogP contribution < -0.4 is 10.2 Å². The summed E-state index contributed by atoms with van der Waals surface area (Å²) in [4.78, 5) is 6.91. The molecule has 3 heteroatoms. The largest absolute Gasteiger partial charge is 0.353 e. The van der Waals surface area contributed by atoms with Crippen LogP contribution in [0.3, 0.4) is 0 Å². The Bertz CT molecular complexity index is 334. The van der Waals surface area contributed by atoms with Crippen LogP contribution in [0.25, 0.3) is 0 Å². The molecule has 2 atom stereocenters. The highest BCUT2D eigenvalue weighted by molar-refractivity contribution is 5.41. The first kappa shape index (κ1) is 9.16. The van der Waals surface area contributed by atoms with Crippen LogP contribution in [0.1, 0.15) is 18.4 Å². The summed E-state index contributed by atoms with van der Waals surface area (Å²) in [5.41, 5.74) is 1.23. The van der Waals surface area contributed by atoms with Crippen LogP contribution in [0.4, 0.5) is 5.82 Å². The lowest BCUT2D eigenvalue weighted by Gasteiger charge is -2.33. The van der Waals surface area contributed by atoms with Crippen molar-refractivity contribution in [2.24, 2.45) is 0 Å². The normalized spacial score (nSPS) is 29.5. The molecule has 2 unspecified atom stereocenters. The van der Waals surface area contributed by atoms with E-state index in [0.29, 0.717) is 12.1 Å². The van der Waals surface area contributed by atoms with E-state index in [-0.39, 0.29) is 0 Å². The second-order valence-electron chi connectivity index (χ2n) is 4.74. The number of hydrogen-bond donors (Lipinski definition) is 1. The molecule has 2 aliphatic rings. The minimum absolute atomic E-state index is 0.687. The molecule has 2 aliphatic heterocycles. The monoisotopic (exact) mass is 203 g/mol. The van der Waals surface area contributed by atoms with E-state index in [1.807, 2.05) is 6.20 Å². The minimum atomic E-state index is 0.687. The lowest BCUT2D eigenvalue weighted by molar-refractivity contribution is 0.463. The van der Waals surface area contributed by atoms with Crippen molar-refractivity contribution >= 4 is 5.82 Å². The summed E-state index contributed by atoms with van der Waals surface area (Å²) in [5, 5.41) is 3.63. The molecule has 0 spiro atoms. The van der Waals surface area contributed by atoms with Gasteiger partial charge in [-0.15, -0.1) is 0 Å². The van der Waals surface area contributed by atoms with Gasteiger partial charge in [-0.05, 0) is 31.4 Å². The van der Waals surface area contributed by atoms with Gasteiger partial charge >= 0.3 is 0 Å². The molecule has 1 aromatic heterocycles. The van der Waals surface area contributed by atoms with Crippen molar-refractivity contribution in [2.75, 3.05) is 18.0 Å². The molecule has 3 nitrogen and oxygen atoms in total. The Morgan fingerprint density at radius 3 is 2.60 bits per heavy atom. The molecule has 0 amide bonds. The molecule has 2 saturated heterocycles. The summed E-state index contributed by atoms with van der Waals surface area (Å²) in [6.45, 7) is 4.32. The van der Waals surface area contributed by atoms with E-state index >= 15 is 0 Å². The van der Waals surface area contributed by atoms with Crippen LogP contribution >= 0.6 is 0 Å². The van der Waals surface area contributed by atoms with Crippen LogP contribution in [0.2, 0.25) is 0 Å². The zero-order chi connectivity index (χ0) is 10.3. The van der Waals surface area contributed by atoms with Crippen molar-refractivity contribution in [1.29, 1.82) is 0 Å². The van der Waals surface area contributed by atoms with Crippen molar-refractivity contribution < 1.29 is 0 Å². The summed E-state index contributed by atoms with van der Waals surface area (Å²) < 4.78 is 0. The fourth-order valence-electron chi connectivity index (χ4n) is 2.63. The van der Waals surface area contributed by atoms with Crippen molar-refractivity contribution in [1.82, 2.24) is 10.3 Å². The summed E-state index contributed by atoms with van der Waals surface area (Å²) in [6.07, 6.45) is 4.61. The molecule has 3 rings (SSSR count). The van der Waals surface area contributed by atoms with Gasteiger partial charge in [0.05, 0.1) is 0 Å². The molecule has 15 heavy (non-hydrogen) atoms. The second-order valence-corrected chi connectivity index (χ2v) is 4.74. The maximum Gasteiger partial charge on any atom is 0.128 e. The van der Waals surface area contributed by atoms with E-state index in [9.17, 15) is 0 Å². The quantitative estimate of drug-likeness (QED) is 0.746. The molecular formula is C12H17N3. The first-order valence-corrected chi connectivity index (χ1v) is 5.75. The molecule has 1 aromatic rings. The highest BCUT2D eigenvalue weighted by Gasteiger charge is 2.32. The fraction of sp³-hybridized carbons (Fsp3) is 0.583. The predicted molar refractivity (Wildman–Crippen MR) is 61.1 cm³/mol. The minimum Gasteiger partial charge on any atom is -0.353 e. The van der Waals surface area contributed by atoms with E-state index < -0.39 is 0 Å². The number of piperazine rings is 1. The molecule has 0 saturated carbocycles. The molecular weight excluding hydrogens is 186 g/mol. The number of anilines is 1. The van der Waals surface area contributed by atoms with Crippen LogP contribution in [0, 0.1) is 6.92 Å². The molecule has 0 aromatic carbocycles. The van der Waals surface area contributed by atoms with E-state index in [2.05, 4.69) is 34.3 Å². The van der Waals surface area contributed by atoms with Gasteiger partial charge in [0.2, 0.25) is 0 Å². The fourth-order valence-corrected chi connectivity index (χ4v) is 2.63. The van der Waals surface area contributed by atoms with Crippen molar-refractivity contribution in [3.8, 4) is 0 Å². The third kappa shape index (κ3) is 1.72. The number of nitrogens with zero attached hydrogens (tertiary/aromatic N) is 2. The topological polar surface area (TPSA) is 28.2 Å². The van der Waals surface area contributed by atoms with Gasteiger partial charge in [0.1, 0.15) is 5.82 Å². The van der Waals surface area contributed by atoms with Crippen molar-refractivity contribution in [3.63, 3.8) is 0 Å². The average Bonchev–Trinajstić information content (AvgIpc) is 2.59.